The zero-order chi connectivity index (χ0) is 27.0. The Kier molecular flexibility index (Phi) is 9.46. The van der Waals surface area contributed by atoms with Crippen molar-refractivity contribution in [1.29, 1.82) is 0 Å². The van der Waals surface area contributed by atoms with Crippen molar-refractivity contribution < 1.29 is 19.1 Å². The van der Waals surface area contributed by atoms with Crippen LogP contribution in [0.4, 0.5) is 16.3 Å². The molecular formula is C27H38N6O4. The molecule has 200 valence electrons. The number of anilines is 2. The molecule has 2 aromatic heterocycles. The first-order chi connectivity index (χ1) is 17.6. The molecule has 0 bridgehead atoms. The molecular weight excluding hydrogens is 472 g/mol. The maximum Gasteiger partial charge on any atom is 0.410 e. The van der Waals surface area contributed by atoms with E-state index in [2.05, 4.69) is 25.2 Å². The van der Waals surface area contributed by atoms with E-state index in [0.717, 1.165) is 27.8 Å². The highest BCUT2D eigenvalue weighted by atomic mass is 16.6. The van der Waals surface area contributed by atoms with E-state index in [4.69, 9.17) is 9.47 Å². The molecule has 10 heteroatoms. The summed E-state index contributed by atoms with van der Waals surface area (Å²) in [5.41, 5.74) is 3.17. The molecule has 37 heavy (non-hydrogen) atoms. The Morgan fingerprint density at radius 2 is 1.92 bits per heavy atom. The molecule has 2 N–H and O–H groups in total. The number of likely N-dealkylation sites (N-methyl/N-ethyl adjacent to an activating group) is 2. The lowest BCUT2D eigenvalue weighted by molar-refractivity contribution is -0.143. The van der Waals surface area contributed by atoms with Crippen molar-refractivity contribution in [3.05, 3.63) is 47.9 Å². The summed E-state index contributed by atoms with van der Waals surface area (Å²) < 4.78 is 10.5. The molecule has 0 radical (unpaired) electrons. The molecule has 0 unspecified atom stereocenters. The van der Waals surface area contributed by atoms with Gasteiger partial charge in [-0.25, -0.2) is 14.8 Å². The lowest BCUT2D eigenvalue weighted by atomic mass is 10.1. The molecule has 0 atom stereocenters. The quantitative estimate of drug-likeness (QED) is 0.363. The van der Waals surface area contributed by atoms with Gasteiger partial charge in [-0.2, -0.15) is 0 Å². The number of hydrogen-bond acceptors (Lipinski definition) is 8. The van der Waals surface area contributed by atoms with Crippen molar-refractivity contribution in [3.8, 4) is 0 Å². The molecule has 0 spiro atoms. The average Bonchev–Trinajstić information content (AvgIpc) is 3.24. The van der Waals surface area contributed by atoms with Gasteiger partial charge in [0, 0.05) is 45.0 Å². The molecule has 0 saturated heterocycles. The molecule has 2 heterocycles. The first kappa shape index (κ1) is 27.9. The van der Waals surface area contributed by atoms with Crippen LogP contribution < -0.4 is 5.32 Å². The predicted molar refractivity (Wildman–Crippen MR) is 144 cm³/mol. The number of fused-ring (bicyclic) bond motifs is 1. The van der Waals surface area contributed by atoms with Crippen molar-refractivity contribution in [2.75, 3.05) is 39.1 Å². The minimum absolute atomic E-state index is 0.197. The van der Waals surface area contributed by atoms with Gasteiger partial charge in [0.25, 0.3) is 0 Å². The van der Waals surface area contributed by atoms with Crippen LogP contribution in [0.3, 0.4) is 0 Å². The third-order valence-electron chi connectivity index (χ3n) is 5.63. The maximum atomic E-state index is 12.2. The molecule has 3 rings (SSSR count). The number of aryl methyl sites for hydroxylation is 1. The van der Waals surface area contributed by atoms with Gasteiger partial charge in [0.15, 0.2) is 0 Å². The highest BCUT2D eigenvalue weighted by molar-refractivity contribution is 5.92. The van der Waals surface area contributed by atoms with E-state index in [1.54, 1.807) is 18.9 Å². The van der Waals surface area contributed by atoms with Gasteiger partial charge in [0.05, 0.1) is 12.0 Å². The van der Waals surface area contributed by atoms with E-state index in [0.29, 0.717) is 44.9 Å². The predicted octanol–water partition coefficient (Wildman–Crippen LogP) is 4.50. The summed E-state index contributed by atoms with van der Waals surface area (Å²) >= 11 is 0. The van der Waals surface area contributed by atoms with Crippen LogP contribution in [0.1, 0.15) is 45.2 Å². The van der Waals surface area contributed by atoms with Crippen molar-refractivity contribution >= 4 is 34.6 Å². The van der Waals surface area contributed by atoms with Gasteiger partial charge in [0.2, 0.25) is 0 Å². The van der Waals surface area contributed by atoms with Crippen molar-refractivity contribution in [2.24, 2.45) is 0 Å². The van der Waals surface area contributed by atoms with Crippen LogP contribution in [0.25, 0.3) is 11.0 Å². The summed E-state index contributed by atoms with van der Waals surface area (Å²) in [5, 5.41) is 4.32. The molecule has 1 amide bonds. The van der Waals surface area contributed by atoms with Crippen LogP contribution in [0.5, 0.6) is 0 Å². The van der Waals surface area contributed by atoms with Gasteiger partial charge in [0.1, 0.15) is 23.4 Å². The summed E-state index contributed by atoms with van der Waals surface area (Å²) in [6.45, 7) is 9.61. The van der Waals surface area contributed by atoms with Gasteiger partial charge in [-0.3, -0.25) is 4.79 Å². The van der Waals surface area contributed by atoms with Gasteiger partial charge < -0.3 is 29.6 Å². The second-order valence-electron chi connectivity index (χ2n) is 10.0. The Morgan fingerprint density at radius 3 is 2.65 bits per heavy atom. The molecule has 0 saturated carbocycles. The monoisotopic (exact) mass is 510 g/mol. The van der Waals surface area contributed by atoms with Crippen LogP contribution >= 0.6 is 0 Å². The standard InChI is InChI=1S/C27H38N6O4/c1-7-36-22(34)12-11-19-9-8-10-21(15-19)31-25-23-20(16-28-24(23)29-18-30-25)17-32(5)13-14-33(6)26(35)37-27(2,3)4/h8-10,15-16,18H,7,11-14,17H2,1-6H3,(H2,28,29,30,31). The number of rotatable bonds is 11. The number of nitrogens with zero attached hydrogens (tertiary/aromatic N) is 4. The first-order valence-corrected chi connectivity index (χ1v) is 12.5. The minimum Gasteiger partial charge on any atom is -0.466 e. The summed E-state index contributed by atoms with van der Waals surface area (Å²) in [6, 6.07) is 7.92. The van der Waals surface area contributed by atoms with Gasteiger partial charge in [-0.15, -0.1) is 0 Å². The fraction of sp³-hybridized carbons (Fsp3) is 0.481. The number of carbonyl (C=O) groups is 2. The topological polar surface area (TPSA) is 113 Å². The molecule has 10 nitrogen and oxygen atoms in total. The largest absolute Gasteiger partial charge is 0.466 e. The van der Waals surface area contributed by atoms with Crippen molar-refractivity contribution in [3.63, 3.8) is 0 Å². The number of ether oxygens (including phenoxy) is 2. The number of aromatic amines is 1. The Morgan fingerprint density at radius 1 is 1.14 bits per heavy atom. The van der Waals surface area contributed by atoms with Crippen LogP contribution in [0.15, 0.2) is 36.8 Å². The number of benzene rings is 1. The summed E-state index contributed by atoms with van der Waals surface area (Å²) in [6.07, 6.45) is 4.07. The van der Waals surface area contributed by atoms with E-state index >= 15 is 0 Å². The molecule has 0 aliphatic heterocycles. The Balaban J connectivity index is 1.67. The molecule has 0 aliphatic carbocycles. The minimum atomic E-state index is -0.523. The van der Waals surface area contributed by atoms with E-state index in [1.165, 1.54) is 6.33 Å². The van der Waals surface area contributed by atoms with Gasteiger partial charge >= 0.3 is 12.1 Å². The number of esters is 1. The average molecular weight is 511 g/mol. The van der Waals surface area contributed by atoms with Crippen molar-refractivity contribution in [1.82, 2.24) is 24.8 Å². The third kappa shape index (κ3) is 8.45. The highest BCUT2D eigenvalue weighted by Crippen LogP contribution is 2.27. The van der Waals surface area contributed by atoms with Crippen LogP contribution in [-0.2, 0) is 27.2 Å². The zero-order valence-electron chi connectivity index (χ0n) is 22.6. The second-order valence-corrected chi connectivity index (χ2v) is 10.0. The fourth-order valence-corrected chi connectivity index (χ4v) is 3.79. The molecule has 3 aromatic rings. The lowest BCUT2D eigenvalue weighted by Crippen LogP contribution is -2.38. The Labute approximate surface area is 218 Å². The van der Waals surface area contributed by atoms with Crippen LogP contribution in [-0.4, -0.2) is 76.2 Å². The van der Waals surface area contributed by atoms with E-state index in [-0.39, 0.29) is 12.1 Å². The highest BCUT2D eigenvalue weighted by Gasteiger charge is 2.20. The summed E-state index contributed by atoms with van der Waals surface area (Å²) in [4.78, 5) is 39.8. The lowest BCUT2D eigenvalue weighted by Gasteiger charge is -2.26. The molecule has 0 fully saturated rings. The van der Waals surface area contributed by atoms with Crippen LogP contribution in [0, 0.1) is 0 Å². The summed E-state index contributed by atoms with van der Waals surface area (Å²) in [7, 11) is 3.75. The first-order valence-electron chi connectivity index (χ1n) is 12.5. The van der Waals surface area contributed by atoms with E-state index < -0.39 is 5.60 Å². The number of aromatic nitrogens is 3. The second kappa shape index (κ2) is 12.5. The zero-order valence-corrected chi connectivity index (χ0v) is 22.6. The summed E-state index contributed by atoms with van der Waals surface area (Å²) in [5.74, 6) is 0.500. The number of amides is 1. The van der Waals surface area contributed by atoms with Gasteiger partial charge in [-0.05, 0) is 64.4 Å². The number of hydrogen-bond donors (Lipinski definition) is 2. The van der Waals surface area contributed by atoms with E-state index in [9.17, 15) is 9.59 Å². The Hall–Kier alpha value is -3.66. The molecule has 1 aromatic carbocycles. The van der Waals surface area contributed by atoms with E-state index in [1.807, 2.05) is 58.3 Å². The smallest absolute Gasteiger partial charge is 0.410 e. The SMILES string of the molecule is CCOC(=O)CCc1cccc(Nc2ncnc3[nH]cc(CN(C)CCN(C)C(=O)OC(C)(C)C)c23)c1. The third-order valence-corrected chi connectivity index (χ3v) is 5.63. The van der Waals surface area contributed by atoms with Gasteiger partial charge in [-0.1, -0.05) is 12.1 Å². The maximum absolute atomic E-state index is 12.2. The normalized spacial score (nSPS) is 11.5. The Bertz CT molecular complexity index is 1200. The fourth-order valence-electron chi connectivity index (χ4n) is 3.79. The van der Waals surface area contributed by atoms with Crippen LogP contribution in [0.2, 0.25) is 0 Å². The number of H-pyrrole nitrogens is 1. The van der Waals surface area contributed by atoms with Crippen molar-refractivity contribution in [2.45, 2.75) is 52.7 Å². The number of nitrogens with one attached hydrogen (secondary N) is 2. The molecule has 0 aliphatic rings. The number of carbonyl (C=O) groups excluding carboxylic acids is 2.